The molecule has 3 nitrogen and oxygen atoms in total. The molecule has 0 aliphatic heterocycles. The fourth-order valence-electron chi connectivity index (χ4n) is 0.875. The quantitative estimate of drug-likeness (QED) is 0.828. The van der Waals surface area contributed by atoms with Gasteiger partial charge in [0.15, 0.2) is 0 Å². The van der Waals surface area contributed by atoms with Gasteiger partial charge >= 0.3 is 0 Å². The number of hydrogen-bond donors (Lipinski definition) is 2. The maximum atomic E-state index is 11.2. The van der Waals surface area contributed by atoms with E-state index in [9.17, 15) is 4.79 Å². The summed E-state index contributed by atoms with van der Waals surface area (Å²) in [7, 11) is 0. The Kier molecular flexibility index (Phi) is 13.2. The molecule has 1 amide bonds. The van der Waals surface area contributed by atoms with Gasteiger partial charge in [0, 0.05) is 12.1 Å². The molecule has 0 spiro atoms. The van der Waals surface area contributed by atoms with Gasteiger partial charge < -0.3 is 10.4 Å². The summed E-state index contributed by atoms with van der Waals surface area (Å²) in [4.78, 5) is 11.2. The summed E-state index contributed by atoms with van der Waals surface area (Å²) in [5, 5.41) is 11.6. The number of phenols is 1. The van der Waals surface area contributed by atoms with Crippen LogP contribution in [0.25, 0.3) is 0 Å². The number of carbonyl (C=O) groups excluding carboxylic acids is 1. The van der Waals surface area contributed by atoms with Crippen molar-refractivity contribution in [2.45, 2.75) is 41.0 Å². The molecule has 0 saturated heterocycles. The summed E-state index contributed by atoms with van der Waals surface area (Å²) in [6.07, 6.45) is 1.25. The van der Waals surface area contributed by atoms with Crippen molar-refractivity contribution >= 4 is 5.91 Å². The summed E-state index contributed by atoms with van der Waals surface area (Å²) in [6, 6.07) is 6.15. The summed E-state index contributed by atoms with van der Waals surface area (Å²) >= 11 is 0. The number of carbonyl (C=O) groups is 1. The lowest BCUT2D eigenvalue weighted by Gasteiger charge is -2.00. The first-order valence-corrected chi connectivity index (χ1v) is 6.22. The SMILES string of the molecule is CC.CCC.CCNC(=O)c1ccc(O)cc1. The van der Waals surface area contributed by atoms with Crippen LogP contribution in [-0.2, 0) is 0 Å². The third kappa shape index (κ3) is 9.42. The van der Waals surface area contributed by atoms with E-state index in [-0.39, 0.29) is 11.7 Å². The highest BCUT2D eigenvalue weighted by Crippen LogP contribution is 2.08. The van der Waals surface area contributed by atoms with Gasteiger partial charge in [-0.1, -0.05) is 34.1 Å². The van der Waals surface area contributed by atoms with Crippen LogP contribution in [0.1, 0.15) is 51.4 Å². The topological polar surface area (TPSA) is 49.3 Å². The first-order chi connectivity index (χ1) is 8.15. The predicted molar refractivity (Wildman–Crippen MR) is 73.4 cm³/mol. The molecule has 1 rings (SSSR count). The van der Waals surface area contributed by atoms with Crippen molar-refractivity contribution < 1.29 is 9.90 Å². The summed E-state index contributed by atoms with van der Waals surface area (Å²) < 4.78 is 0. The highest BCUT2D eigenvalue weighted by molar-refractivity contribution is 5.94. The molecule has 0 aromatic heterocycles. The van der Waals surface area contributed by atoms with E-state index in [1.54, 1.807) is 12.1 Å². The second kappa shape index (κ2) is 12.6. The summed E-state index contributed by atoms with van der Waals surface area (Å²) in [5.74, 6) is 0.0561. The fourth-order valence-corrected chi connectivity index (χ4v) is 0.875. The highest BCUT2D eigenvalue weighted by Gasteiger charge is 2.01. The van der Waals surface area contributed by atoms with Crippen molar-refractivity contribution in [1.29, 1.82) is 0 Å². The van der Waals surface area contributed by atoms with Crippen molar-refractivity contribution in [3.8, 4) is 5.75 Å². The molecule has 0 fully saturated rings. The molecule has 0 aliphatic carbocycles. The Hall–Kier alpha value is -1.51. The van der Waals surface area contributed by atoms with Crippen molar-refractivity contribution in [3.05, 3.63) is 29.8 Å². The minimum atomic E-state index is -0.113. The van der Waals surface area contributed by atoms with Crippen LogP contribution in [0.4, 0.5) is 0 Å². The van der Waals surface area contributed by atoms with Crippen LogP contribution in [-0.4, -0.2) is 17.6 Å². The molecule has 0 heterocycles. The Balaban J connectivity index is 0. The van der Waals surface area contributed by atoms with Gasteiger partial charge in [-0.25, -0.2) is 0 Å². The number of aromatic hydroxyl groups is 1. The number of rotatable bonds is 2. The monoisotopic (exact) mass is 239 g/mol. The lowest BCUT2D eigenvalue weighted by atomic mass is 10.2. The molecule has 1 aromatic carbocycles. The molecule has 0 saturated carbocycles. The Morgan fingerprint density at radius 1 is 1.12 bits per heavy atom. The number of benzene rings is 1. The second-order valence-electron chi connectivity index (χ2n) is 3.11. The van der Waals surface area contributed by atoms with Gasteiger partial charge in [-0.3, -0.25) is 4.79 Å². The first kappa shape index (κ1) is 17.9. The Bertz CT molecular complexity index is 281. The summed E-state index contributed by atoms with van der Waals surface area (Å²) in [5.41, 5.74) is 0.564. The van der Waals surface area contributed by atoms with Crippen molar-refractivity contribution in [1.82, 2.24) is 5.32 Å². The molecule has 17 heavy (non-hydrogen) atoms. The predicted octanol–water partition coefficient (Wildman–Crippen LogP) is 3.58. The zero-order valence-corrected chi connectivity index (χ0v) is 11.6. The first-order valence-electron chi connectivity index (χ1n) is 6.22. The van der Waals surface area contributed by atoms with Crippen LogP contribution in [0.2, 0.25) is 0 Å². The number of phenolic OH excluding ortho intramolecular Hbond substituents is 1. The Morgan fingerprint density at radius 3 is 1.88 bits per heavy atom. The molecule has 0 aliphatic rings. The van der Waals surface area contributed by atoms with Gasteiger partial charge in [-0.05, 0) is 31.2 Å². The summed E-state index contributed by atoms with van der Waals surface area (Å²) in [6.45, 7) is 10.7. The van der Waals surface area contributed by atoms with Crippen LogP contribution in [0.5, 0.6) is 5.75 Å². The van der Waals surface area contributed by atoms with E-state index in [4.69, 9.17) is 5.11 Å². The maximum absolute atomic E-state index is 11.2. The van der Waals surface area contributed by atoms with E-state index in [2.05, 4.69) is 19.2 Å². The largest absolute Gasteiger partial charge is 0.508 e. The van der Waals surface area contributed by atoms with Crippen LogP contribution in [0.15, 0.2) is 24.3 Å². The molecule has 0 atom stereocenters. The van der Waals surface area contributed by atoms with Gasteiger partial charge in [-0.2, -0.15) is 0 Å². The number of amides is 1. The van der Waals surface area contributed by atoms with Crippen molar-refractivity contribution in [3.63, 3.8) is 0 Å². The van der Waals surface area contributed by atoms with Gasteiger partial charge in [0.2, 0.25) is 0 Å². The average molecular weight is 239 g/mol. The average Bonchev–Trinajstić information content (AvgIpc) is 2.34. The molecule has 0 unspecified atom stereocenters. The van der Waals surface area contributed by atoms with Gasteiger partial charge in [-0.15, -0.1) is 0 Å². The van der Waals surface area contributed by atoms with Crippen LogP contribution < -0.4 is 5.32 Å². The van der Waals surface area contributed by atoms with Crippen LogP contribution >= 0.6 is 0 Å². The molecule has 98 valence electrons. The second-order valence-corrected chi connectivity index (χ2v) is 3.11. The van der Waals surface area contributed by atoms with Crippen LogP contribution in [0.3, 0.4) is 0 Å². The Morgan fingerprint density at radius 2 is 1.53 bits per heavy atom. The van der Waals surface area contributed by atoms with E-state index < -0.39 is 0 Å². The van der Waals surface area contributed by atoms with E-state index in [0.29, 0.717) is 12.1 Å². The number of hydrogen-bond acceptors (Lipinski definition) is 2. The van der Waals surface area contributed by atoms with Gasteiger partial charge in [0.05, 0.1) is 0 Å². The standard InChI is InChI=1S/C9H11NO2.C3H8.C2H6/c1-2-10-9(12)7-3-5-8(11)6-4-7;1-3-2;1-2/h3-6,11H,2H2,1H3,(H,10,12);3H2,1-2H3;1-2H3. The molecule has 3 heteroatoms. The molecule has 2 N–H and O–H groups in total. The van der Waals surface area contributed by atoms with E-state index >= 15 is 0 Å². The van der Waals surface area contributed by atoms with E-state index in [1.165, 1.54) is 18.6 Å². The lowest BCUT2D eigenvalue weighted by Crippen LogP contribution is -2.22. The molecular weight excluding hydrogens is 214 g/mol. The molecular formula is C14H25NO2. The van der Waals surface area contributed by atoms with Crippen molar-refractivity contribution in [2.75, 3.05) is 6.54 Å². The van der Waals surface area contributed by atoms with Gasteiger partial charge in [0.25, 0.3) is 5.91 Å². The third-order valence-electron chi connectivity index (χ3n) is 1.47. The molecule has 0 radical (unpaired) electrons. The molecule has 0 bridgehead atoms. The maximum Gasteiger partial charge on any atom is 0.251 e. The fraction of sp³-hybridized carbons (Fsp3) is 0.500. The highest BCUT2D eigenvalue weighted by atomic mass is 16.3. The normalized spacial score (nSPS) is 8.06. The number of nitrogens with one attached hydrogen (secondary N) is 1. The van der Waals surface area contributed by atoms with E-state index in [1.807, 2.05) is 20.8 Å². The smallest absolute Gasteiger partial charge is 0.251 e. The third-order valence-corrected chi connectivity index (χ3v) is 1.47. The minimum Gasteiger partial charge on any atom is -0.508 e. The van der Waals surface area contributed by atoms with E-state index in [0.717, 1.165) is 0 Å². The molecule has 1 aromatic rings. The van der Waals surface area contributed by atoms with Crippen LogP contribution in [0, 0.1) is 0 Å². The zero-order chi connectivity index (χ0) is 13.7. The zero-order valence-electron chi connectivity index (χ0n) is 11.6. The van der Waals surface area contributed by atoms with Gasteiger partial charge in [0.1, 0.15) is 5.75 Å². The Labute approximate surface area is 105 Å². The lowest BCUT2D eigenvalue weighted by molar-refractivity contribution is 0.0956. The minimum absolute atomic E-state index is 0.113. The van der Waals surface area contributed by atoms with Crippen molar-refractivity contribution in [2.24, 2.45) is 0 Å².